The summed E-state index contributed by atoms with van der Waals surface area (Å²) < 4.78 is 5.38. The van der Waals surface area contributed by atoms with Crippen LogP contribution in [0.25, 0.3) is 11.4 Å². The molecule has 0 atom stereocenters. The first-order valence-electron chi connectivity index (χ1n) is 8.82. The van der Waals surface area contributed by atoms with Gasteiger partial charge in [-0.15, -0.1) is 0 Å². The van der Waals surface area contributed by atoms with Gasteiger partial charge < -0.3 is 15.2 Å². The van der Waals surface area contributed by atoms with Crippen molar-refractivity contribution in [1.82, 2.24) is 14.9 Å². The van der Waals surface area contributed by atoms with E-state index in [-0.39, 0.29) is 5.75 Å². The van der Waals surface area contributed by atoms with Crippen LogP contribution in [0.3, 0.4) is 0 Å². The fourth-order valence-corrected chi connectivity index (χ4v) is 2.87. The highest BCUT2D eigenvalue weighted by molar-refractivity contribution is 5.60. The summed E-state index contributed by atoms with van der Waals surface area (Å²) in [4.78, 5) is 11.7. The van der Waals surface area contributed by atoms with Gasteiger partial charge in [-0.3, -0.25) is 4.90 Å². The molecule has 1 aromatic carbocycles. The summed E-state index contributed by atoms with van der Waals surface area (Å²) in [7, 11) is 0. The first-order chi connectivity index (χ1) is 12.1. The highest BCUT2D eigenvalue weighted by Gasteiger charge is 2.11. The topological polar surface area (TPSA) is 70.5 Å². The van der Waals surface area contributed by atoms with Gasteiger partial charge in [-0.1, -0.05) is 0 Å². The largest absolute Gasteiger partial charge is 0.508 e. The number of morpholine rings is 1. The monoisotopic (exact) mass is 342 g/mol. The average Bonchev–Trinajstić information content (AvgIpc) is 2.63. The maximum absolute atomic E-state index is 9.44. The summed E-state index contributed by atoms with van der Waals surface area (Å²) in [6, 6.07) is 6.98. The van der Waals surface area contributed by atoms with Crippen molar-refractivity contribution in [3.63, 3.8) is 0 Å². The summed E-state index contributed by atoms with van der Waals surface area (Å²) in [5.74, 6) is 1.81. The predicted octanol–water partition coefficient (Wildman–Crippen LogP) is 2.60. The third-order valence-corrected chi connectivity index (χ3v) is 4.56. The highest BCUT2D eigenvalue weighted by Crippen LogP contribution is 2.23. The number of nitrogens with one attached hydrogen (secondary N) is 1. The number of ether oxygens (including phenoxy) is 1. The Hall–Kier alpha value is -2.18. The molecule has 0 aliphatic carbocycles. The molecule has 0 saturated carbocycles. The van der Waals surface area contributed by atoms with E-state index >= 15 is 0 Å². The Bertz CT molecular complexity index is 697. The van der Waals surface area contributed by atoms with Gasteiger partial charge in [0.2, 0.25) is 0 Å². The minimum atomic E-state index is 0.244. The van der Waals surface area contributed by atoms with Gasteiger partial charge in [-0.25, -0.2) is 9.97 Å². The van der Waals surface area contributed by atoms with Crippen molar-refractivity contribution < 1.29 is 9.84 Å². The van der Waals surface area contributed by atoms with Gasteiger partial charge in [-0.05, 0) is 51.1 Å². The molecule has 0 spiro atoms. The van der Waals surface area contributed by atoms with Gasteiger partial charge in [0, 0.05) is 36.5 Å². The molecule has 1 saturated heterocycles. The summed E-state index contributed by atoms with van der Waals surface area (Å²) in [6.45, 7) is 9.72. The third-order valence-electron chi connectivity index (χ3n) is 4.56. The van der Waals surface area contributed by atoms with Crippen LogP contribution in [0.15, 0.2) is 24.3 Å². The second-order valence-corrected chi connectivity index (χ2v) is 6.39. The van der Waals surface area contributed by atoms with E-state index in [9.17, 15) is 5.11 Å². The fraction of sp³-hybridized carbons (Fsp3) is 0.474. The number of nitrogens with zero attached hydrogens (tertiary/aromatic N) is 3. The van der Waals surface area contributed by atoms with Gasteiger partial charge in [0.05, 0.1) is 13.2 Å². The van der Waals surface area contributed by atoms with Crippen LogP contribution in [0.2, 0.25) is 0 Å². The minimum absolute atomic E-state index is 0.244. The first-order valence-corrected chi connectivity index (χ1v) is 8.82. The van der Waals surface area contributed by atoms with Gasteiger partial charge >= 0.3 is 0 Å². The number of hydrogen-bond donors (Lipinski definition) is 2. The molecule has 134 valence electrons. The molecule has 1 fully saturated rings. The molecule has 0 bridgehead atoms. The van der Waals surface area contributed by atoms with E-state index in [1.807, 2.05) is 26.0 Å². The van der Waals surface area contributed by atoms with Crippen molar-refractivity contribution in [2.24, 2.45) is 0 Å². The number of benzene rings is 1. The predicted molar refractivity (Wildman–Crippen MR) is 99.0 cm³/mol. The van der Waals surface area contributed by atoms with Crippen LogP contribution in [0, 0.1) is 13.8 Å². The molecular formula is C19H26N4O2. The van der Waals surface area contributed by atoms with Crippen molar-refractivity contribution in [1.29, 1.82) is 0 Å². The SMILES string of the molecule is Cc1nc(-c2ccc(O)cc2)nc(NCCCN2CCOCC2)c1C. The van der Waals surface area contributed by atoms with E-state index in [0.717, 1.165) is 68.5 Å². The fourth-order valence-electron chi connectivity index (χ4n) is 2.87. The molecular weight excluding hydrogens is 316 g/mol. The van der Waals surface area contributed by atoms with E-state index in [0.29, 0.717) is 5.82 Å². The molecule has 1 aliphatic rings. The van der Waals surface area contributed by atoms with E-state index < -0.39 is 0 Å². The smallest absolute Gasteiger partial charge is 0.161 e. The van der Waals surface area contributed by atoms with Crippen molar-refractivity contribution in [2.75, 3.05) is 44.7 Å². The van der Waals surface area contributed by atoms with Crippen molar-refractivity contribution >= 4 is 5.82 Å². The van der Waals surface area contributed by atoms with Crippen molar-refractivity contribution in [2.45, 2.75) is 20.3 Å². The number of phenols is 1. The maximum atomic E-state index is 9.44. The van der Waals surface area contributed by atoms with E-state index in [2.05, 4.69) is 20.2 Å². The number of aromatic hydroxyl groups is 1. The molecule has 6 heteroatoms. The van der Waals surface area contributed by atoms with Crippen LogP contribution in [-0.4, -0.2) is 59.4 Å². The molecule has 0 radical (unpaired) electrons. The van der Waals surface area contributed by atoms with Gasteiger partial charge in [0.15, 0.2) is 5.82 Å². The Labute approximate surface area is 148 Å². The zero-order valence-corrected chi connectivity index (χ0v) is 15.0. The zero-order chi connectivity index (χ0) is 17.6. The zero-order valence-electron chi connectivity index (χ0n) is 15.0. The van der Waals surface area contributed by atoms with Crippen LogP contribution in [0.4, 0.5) is 5.82 Å². The number of rotatable bonds is 6. The van der Waals surface area contributed by atoms with Crippen LogP contribution in [0.5, 0.6) is 5.75 Å². The summed E-state index contributed by atoms with van der Waals surface area (Å²) in [5.41, 5.74) is 2.94. The molecule has 0 amide bonds. The second-order valence-electron chi connectivity index (χ2n) is 6.39. The maximum Gasteiger partial charge on any atom is 0.161 e. The minimum Gasteiger partial charge on any atom is -0.508 e. The van der Waals surface area contributed by atoms with Crippen LogP contribution >= 0.6 is 0 Å². The van der Waals surface area contributed by atoms with Crippen LogP contribution in [0.1, 0.15) is 17.7 Å². The lowest BCUT2D eigenvalue weighted by molar-refractivity contribution is 0.0378. The average molecular weight is 342 g/mol. The summed E-state index contributed by atoms with van der Waals surface area (Å²) >= 11 is 0. The molecule has 6 nitrogen and oxygen atoms in total. The first kappa shape index (κ1) is 17.6. The Morgan fingerprint density at radius 3 is 2.56 bits per heavy atom. The number of aromatic nitrogens is 2. The molecule has 1 aromatic heterocycles. The van der Waals surface area contributed by atoms with Crippen LogP contribution < -0.4 is 5.32 Å². The normalized spacial score (nSPS) is 15.3. The quantitative estimate of drug-likeness (QED) is 0.787. The Morgan fingerprint density at radius 1 is 1.12 bits per heavy atom. The van der Waals surface area contributed by atoms with Gasteiger partial charge in [-0.2, -0.15) is 0 Å². The number of phenolic OH excluding ortho intramolecular Hbond substituents is 1. The summed E-state index contributed by atoms with van der Waals surface area (Å²) in [5, 5.41) is 12.9. The lowest BCUT2D eigenvalue weighted by Crippen LogP contribution is -2.37. The summed E-state index contributed by atoms with van der Waals surface area (Å²) in [6.07, 6.45) is 1.07. The lowest BCUT2D eigenvalue weighted by atomic mass is 10.1. The second kappa shape index (κ2) is 8.27. The van der Waals surface area contributed by atoms with Crippen molar-refractivity contribution in [3.05, 3.63) is 35.5 Å². The molecule has 2 aromatic rings. The molecule has 2 heterocycles. The molecule has 2 N–H and O–H groups in total. The third kappa shape index (κ3) is 4.67. The van der Waals surface area contributed by atoms with E-state index in [1.54, 1.807) is 12.1 Å². The Morgan fingerprint density at radius 2 is 1.84 bits per heavy atom. The number of aryl methyl sites for hydroxylation is 1. The Kier molecular flexibility index (Phi) is 5.83. The molecule has 0 unspecified atom stereocenters. The van der Waals surface area contributed by atoms with Gasteiger partial charge in [0.1, 0.15) is 11.6 Å². The van der Waals surface area contributed by atoms with E-state index in [1.165, 1.54) is 0 Å². The van der Waals surface area contributed by atoms with Gasteiger partial charge in [0.25, 0.3) is 0 Å². The number of hydrogen-bond acceptors (Lipinski definition) is 6. The standard InChI is InChI=1S/C19H26N4O2/c1-14-15(2)21-19(16-4-6-17(24)7-5-16)22-18(14)20-8-3-9-23-10-12-25-13-11-23/h4-7,24H,3,8-13H2,1-2H3,(H,20,21,22). The van der Waals surface area contributed by atoms with E-state index in [4.69, 9.17) is 4.74 Å². The molecule has 3 rings (SSSR count). The lowest BCUT2D eigenvalue weighted by Gasteiger charge is -2.26. The number of anilines is 1. The Balaban J connectivity index is 1.63. The van der Waals surface area contributed by atoms with Crippen LogP contribution in [-0.2, 0) is 4.74 Å². The van der Waals surface area contributed by atoms with Crippen molar-refractivity contribution in [3.8, 4) is 17.1 Å². The highest BCUT2D eigenvalue weighted by atomic mass is 16.5. The molecule has 1 aliphatic heterocycles. The molecule has 25 heavy (non-hydrogen) atoms.